The van der Waals surface area contributed by atoms with Crippen LogP contribution in [0.15, 0.2) is 12.7 Å². The zero-order chi connectivity index (χ0) is 13.3. The minimum Gasteiger partial charge on any atom is -0.453 e. The van der Waals surface area contributed by atoms with Gasteiger partial charge in [0.15, 0.2) is 6.29 Å². The molecule has 0 aromatic heterocycles. The van der Waals surface area contributed by atoms with Crippen LogP contribution in [0.25, 0.3) is 0 Å². The molecule has 3 fully saturated rings. The molecule has 4 heteroatoms. The molecule has 4 unspecified atom stereocenters. The van der Waals surface area contributed by atoms with Crippen LogP contribution in [-0.4, -0.2) is 30.6 Å². The van der Waals surface area contributed by atoms with E-state index in [1.807, 2.05) is 0 Å². The summed E-state index contributed by atoms with van der Waals surface area (Å²) in [5, 5.41) is 0. The van der Waals surface area contributed by atoms with Crippen molar-refractivity contribution in [1.82, 2.24) is 0 Å². The van der Waals surface area contributed by atoms with Crippen molar-refractivity contribution >= 4 is 5.97 Å². The molecule has 4 atom stereocenters. The van der Waals surface area contributed by atoms with Crippen molar-refractivity contribution in [3.63, 3.8) is 0 Å². The third-order valence-corrected chi connectivity index (χ3v) is 4.67. The lowest BCUT2D eigenvalue weighted by atomic mass is 9.93. The first-order valence-corrected chi connectivity index (χ1v) is 7.34. The molecule has 0 amide bonds. The summed E-state index contributed by atoms with van der Waals surface area (Å²) in [6, 6.07) is 0. The average molecular weight is 266 g/mol. The molecule has 2 aliphatic carbocycles. The molecule has 0 N–H and O–H groups in total. The topological polar surface area (TPSA) is 44.8 Å². The maximum absolute atomic E-state index is 11.6. The van der Waals surface area contributed by atoms with Gasteiger partial charge in [-0.15, -0.1) is 0 Å². The molecule has 1 saturated heterocycles. The number of carbonyl (C=O) groups excluding carboxylic acids is 1. The number of hydrogen-bond acceptors (Lipinski definition) is 4. The van der Waals surface area contributed by atoms with E-state index in [0.29, 0.717) is 5.92 Å². The smallest absolute Gasteiger partial charge is 0.330 e. The Kier molecular flexibility index (Phi) is 3.63. The molecule has 3 rings (SSSR count). The Labute approximate surface area is 114 Å². The summed E-state index contributed by atoms with van der Waals surface area (Å²) >= 11 is 0. The van der Waals surface area contributed by atoms with Gasteiger partial charge in [0.2, 0.25) is 0 Å². The van der Waals surface area contributed by atoms with E-state index in [1.165, 1.54) is 6.08 Å². The molecule has 0 aromatic rings. The van der Waals surface area contributed by atoms with E-state index in [0.717, 1.165) is 51.6 Å². The van der Waals surface area contributed by atoms with Gasteiger partial charge in [0.25, 0.3) is 0 Å². The Morgan fingerprint density at radius 2 is 2.26 bits per heavy atom. The van der Waals surface area contributed by atoms with Crippen LogP contribution in [-0.2, 0) is 19.0 Å². The highest BCUT2D eigenvalue weighted by Gasteiger charge is 2.56. The van der Waals surface area contributed by atoms with Crippen LogP contribution in [0.3, 0.4) is 0 Å². The standard InChI is InChI=1S/C15H22O4/c1-2-13(16)19-15-7-6-11(10-15)9-12(15)18-14-5-3-4-8-17-14/h2,11-12,14H,1,3-10H2. The van der Waals surface area contributed by atoms with Gasteiger partial charge in [0, 0.05) is 12.7 Å². The first kappa shape index (κ1) is 13.1. The molecule has 106 valence electrons. The Morgan fingerprint density at radius 3 is 2.95 bits per heavy atom. The Balaban J connectivity index is 1.66. The van der Waals surface area contributed by atoms with Crippen LogP contribution in [0.1, 0.15) is 44.9 Å². The lowest BCUT2D eigenvalue weighted by Gasteiger charge is -2.37. The maximum Gasteiger partial charge on any atom is 0.330 e. The van der Waals surface area contributed by atoms with Crippen LogP contribution in [0.2, 0.25) is 0 Å². The predicted molar refractivity (Wildman–Crippen MR) is 69.4 cm³/mol. The molecule has 2 bridgehead atoms. The molecule has 1 aliphatic heterocycles. The van der Waals surface area contributed by atoms with Crippen molar-refractivity contribution in [2.75, 3.05) is 6.61 Å². The van der Waals surface area contributed by atoms with Gasteiger partial charge in [-0.25, -0.2) is 4.79 Å². The summed E-state index contributed by atoms with van der Waals surface area (Å²) in [5.74, 6) is 0.298. The predicted octanol–water partition coefficient (Wildman–Crippen LogP) is 2.57. The average Bonchev–Trinajstić information content (AvgIpc) is 2.97. The number of rotatable bonds is 4. The van der Waals surface area contributed by atoms with Gasteiger partial charge >= 0.3 is 5.97 Å². The van der Waals surface area contributed by atoms with Crippen molar-refractivity contribution in [1.29, 1.82) is 0 Å². The van der Waals surface area contributed by atoms with Crippen LogP contribution in [0, 0.1) is 5.92 Å². The van der Waals surface area contributed by atoms with Gasteiger partial charge in [-0.2, -0.15) is 0 Å². The van der Waals surface area contributed by atoms with E-state index in [4.69, 9.17) is 14.2 Å². The molecule has 0 spiro atoms. The summed E-state index contributed by atoms with van der Waals surface area (Å²) in [4.78, 5) is 11.6. The monoisotopic (exact) mass is 266 g/mol. The zero-order valence-corrected chi connectivity index (χ0v) is 11.3. The summed E-state index contributed by atoms with van der Waals surface area (Å²) < 4.78 is 17.4. The summed E-state index contributed by atoms with van der Waals surface area (Å²) in [7, 11) is 0. The highest BCUT2D eigenvalue weighted by atomic mass is 16.7. The summed E-state index contributed by atoms with van der Waals surface area (Å²) in [5.41, 5.74) is -0.420. The second-order valence-electron chi connectivity index (χ2n) is 5.96. The SMILES string of the molecule is C=CC(=O)OC12CCC(CC1OC1CCCCO1)C2. The molecule has 2 saturated carbocycles. The van der Waals surface area contributed by atoms with Crippen LogP contribution >= 0.6 is 0 Å². The van der Waals surface area contributed by atoms with Gasteiger partial charge in [0.05, 0.1) is 0 Å². The molecule has 4 nitrogen and oxygen atoms in total. The summed E-state index contributed by atoms with van der Waals surface area (Å²) in [6.45, 7) is 4.26. The van der Waals surface area contributed by atoms with E-state index < -0.39 is 5.60 Å². The fourth-order valence-corrected chi connectivity index (χ4v) is 3.73. The minimum atomic E-state index is -0.420. The first-order valence-electron chi connectivity index (χ1n) is 7.34. The molecule has 3 aliphatic rings. The first-order chi connectivity index (χ1) is 9.22. The van der Waals surface area contributed by atoms with Gasteiger partial charge in [-0.1, -0.05) is 6.58 Å². The lowest BCUT2D eigenvalue weighted by molar-refractivity contribution is -0.229. The van der Waals surface area contributed by atoms with Gasteiger partial charge in [-0.3, -0.25) is 0 Å². The molecule has 19 heavy (non-hydrogen) atoms. The highest BCUT2D eigenvalue weighted by Crippen LogP contribution is 2.52. The number of ether oxygens (including phenoxy) is 3. The van der Waals surface area contributed by atoms with Crippen molar-refractivity contribution in [2.45, 2.75) is 62.9 Å². The number of hydrogen-bond donors (Lipinski definition) is 0. The van der Waals surface area contributed by atoms with Crippen molar-refractivity contribution in [2.24, 2.45) is 5.92 Å². The lowest BCUT2D eigenvalue weighted by Crippen LogP contribution is -2.45. The third-order valence-electron chi connectivity index (χ3n) is 4.67. The van der Waals surface area contributed by atoms with Crippen molar-refractivity contribution in [3.8, 4) is 0 Å². The normalized spacial score (nSPS) is 41.2. The van der Waals surface area contributed by atoms with Gasteiger partial charge in [-0.05, 0) is 50.9 Å². The second kappa shape index (κ2) is 5.25. The summed E-state index contributed by atoms with van der Waals surface area (Å²) in [6.07, 6.45) is 8.32. The van der Waals surface area contributed by atoms with Crippen molar-refractivity contribution in [3.05, 3.63) is 12.7 Å². The van der Waals surface area contributed by atoms with Crippen LogP contribution in [0.5, 0.6) is 0 Å². The molecule has 0 radical (unpaired) electrons. The quantitative estimate of drug-likeness (QED) is 0.579. The van der Waals surface area contributed by atoms with E-state index in [-0.39, 0.29) is 18.4 Å². The Morgan fingerprint density at radius 1 is 1.37 bits per heavy atom. The Bertz CT molecular complexity index is 361. The third kappa shape index (κ3) is 2.56. The number of fused-ring (bicyclic) bond motifs is 2. The zero-order valence-electron chi connectivity index (χ0n) is 11.3. The largest absolute Gasteiger partial charge is 0.453 e. The molecule has 0 aromatic carbocycles. The second-order valence-corrected chi connectivity index (χ2v) is 5.96. The van der Waals surface area contributed by atoms with Gasteiger partial charge in [0.1, 0.15) is 11.7 Å². The molecular weight excluding hydrogens is 244 g/mol. The fraction of sp³-hybridized carbons (Fsp3) is 0.800. The molecule has 1 heterocycles. The minimum absolute atomic E-state index is 0.00162. The number of esters is 1. The van der Waals surface area contributed by atoms with Gasteiger partial charge < -0.3 is 14.2 Å². The van der Waals surface area contributed by atoms with Crippen LogP contribution < -0.4 is 0 Å². The fourth-order valence-electron chi connectivity index (χ4n) is 3.73. The molecular formula is C15H22O4. The Hall–Kier alpha value is -0.870. The van der Waals surface area contributed by atoms with E-state index in [2.05, 4.69) is 6.58 Å². The van der Waals surface area contributed by atoms with E-state index in [1.54, 1.807) is 0 Å². The van der Waals surface area contributed by atoms with Crippen molar-refractivity contribution < 1.29 is 19.0 Å². The van der Waals surface area contributed by atoms with E-state index >= 15 is 0 Å². The van der Waals surface area contributed by atoms with Crippen LogP contribution in [0.4, 0.5) is 0 Å². The maximum atomic E-state index is 11.6. The van der Waals surface area contributed by atoms with E-state index in [9.17, 15) is 4.79 Å². The highest BCUT2D eigenvalue weighted by molar-refractivity contribution is 5.81. The number of carbonyl (C=O) groups is 1.